The molecule has 2 aromatic rings. The second kappa shape index (κ2) is 9.42. The summed E-state index contributed by atoms with van der Waals surface area (Å²) in [6, 6.07) is 9.73. The quantitative estimate of drug-likeness (QED) is 0.671. The van der Waals surface area contributed by atoms with E-state index in [1.54, 1.807) is 11.3 Å². The van der Waals surface area contributed by atoms with Gasteiger partial charge in [0, 0.05) is 18.3 Å². The van der Waals surface area contributed by atoms with E-state index in [1.807, 2.05) is 40.6 Å². The van der Waals surface area contributed by atoms with Crippen molar-refractivity contribution in [3.63, 3.8) is 0 Å². The number of aromatic nitrogens is 1. The number of carbonyl (C=O) groups is 1. The van der Waals surface area contributed by atoms with Crippen LogP contribution in [-0.2, 0) is 17.9 Å². The van der Waals surface area contributed by atoms with E-state index in [2.05, 4.69) is 25.8 Å². The Balaban J connectivity index is 1.91. The van der Waals surface area contributed by atoms with Gasteiger partial charge in [-0.3, -0.25) is 4.79 Å². The molecule has 0 aliphatic heterocycles. The predicted molar refractivity (Wildman–Crippen MR) is 98.1 cm³/mol. The van der Waals surface area contributed by atoms with Gasteiger partial charge in [-0.05, 0) is 24.5 Å². The van der Waals surface area contributed by atoms with Gasteiger partial charge in [-0.15, -0.1) is 11.3 Å². The highest BCUT2D eigenvalue weighted by atomic mass is 32.1. The Labute approximate surface area is 148 Å². The van der Waals surface area contributed by atoms with Crippen LogP contribution >= 0.6 is 11.3 Å². The first-order valence-corrected chi connectivity index (χ1v) is 9.35. The smallest absolute Gasteiger partial charge is 0.223 e. The Morgan fingerprint density at radius 3 is 2.71 bits per heavy atom. The lowest BCUT2D eigenvalue weighted by Gasteiger charge is -2.22. The molecule has 1 aromatic carbocycles. The summed E-state index contributed by atoms with van der Waals surface area (Å²) in [4.78, 5) is 18.9. The van der Waals surface area contributed by atoms with E-state index in [9.17, 15) is 4.79 Å². The van der Waals surface area contributed by atoms with Gasteiger partial charge >= 0.3 is 0 Å². The Bertz CT molecular complexity index is 625. The molecule has 0 N–H and O–H groups in total. The lowest BCUT2D eigenvalue weighted by molar-refractivity contribution is -0.132. The first-order chi connectivity index (χ1) is 11.6. The number of benzene rings is 1. The van der Waals surface area contributed by atoms with E-state index in [0.29, 0.717) is 25.5 Å². The van der Waals surface area contributed by atoms with Gasteiger partial charge in [-0.25, -0.2) is 4.98 Å². The third-order valence-corrected chi connectivity index (χ3v) is 4.36. The molecule has 5 heteroatoms. The monoisotopic (exact) mass is 346 g/mol. The zero-order chi connectivity index (χ0) is 17.4. The SMILES string of the molecule is CCCN(Cc1csc(COc2ccccc2)n1)C(=O)CC(C)C. The highest BCUT2D eigenvalue weighted by Crippen LogP contribution is 2.17. The minimum absolute atomic E-state index is 0.210. The number of amides is 1. The van der Waals surface area contributed by atoms with Gasteiger partial charge < -0.3 is 9.64 Å². The average Bonchev–Trinajstić information content (AvgIpc) is 3.00. The summed E-state index contributed by atoms with van der Waals surface area (Å²) in [7, 11) is 0. The molecular weight excluding hydrogens is 320 g/mol. The molecule has 130 valence electrons. The maximum Gasteiger partial charge on any atom is 0.223 e. The molecule has 0 radical (unpaired) electrons. The summed E-state index contributed by atoms with van der Waals surface area (Å²) in [5.74, 6) is 1.43. The van der Waals surface area contributed by atoms with E-state index in [0.717, 1.165) is 29.4 Å². The van der Waals surface area contributed by atoms with Crippen LogP contribution in [0.25, 0.3) is 0 Å². The summed E-state index contributed by atoms with van der Waals surface area (Å²) >= 11 is 1.58. The first kappa shape index (κ1) is 18.5. The molecule has 1 heterocycles. The molecule has 0 atom stereocenters. The molecule has 0 spiro atoms. The van der Waals surface area contributed by atoms with E-state index in [4.69, 9.17) is 4.74 Å². The standard InChI is InChI=1S/C19H26N2O2S/c1-4-10-21(19(22)11-15(2)3)12-16-14-24-18(20-16)13-23-17-8-6-5-7-9-17/h5-9,14-15H,4,10-13H2,1-3H3. The van der Waals surface area contributed by atoms with Crippen LogP contribution in [-0.4, -0.2) is 22.3 Å². The Kier molecular flexibility index (Phi) is 7.25. The summed E-state index contributed by atoms with van der Waals surface area (Å²) < 4.78 is 5.73. The van der Waals surface area contributed by atoms with Gasteiger partial charge in [0.15, 0.2) is 0 Å². The lowest BCUT2D eigenvalue weighted by atomic mass is 10.1. The highest BCUT2D eigenvalue weighted by Gasteiger charge is 2.16. The number of ether oxygens (including phenoxy) is 1. The van der Waals surface area contributed by atoms with E-state index >= 15 is 0 Å². The number of hydrogen-bond acceptors (Lipinski definition) is 4. The molecule has 4 nitrogen and oxygen atoms in total. The van der Waals surface area contributed by atoms with Gasteiger partial charge in [0.1, 0.15) is 17.4 Å². The zero-order valence-electron chi connectivity index (χ0n) is 14.7. The molecule has 0 saturated heterocycles. The maximum absolute atomic E-state index is 12.3. The van der Waals surface area contributed by atoms with Crippen molar-refractivity contribution in [3.05, 3.63) is 46.4 Å². The molecule has 0 saturated carbocycles. The topological polar surface area (TPSA) is 42.4 Å². The molecule has 0 aliphatic rings. The predicted octanol–water partition coefficient (Wildman–Crippen LogP) is 4.51. The van der Waals surface area contributed by atoms with Crippen molar-refractivity contribution >= 4 is 17.2 Å². The van der Waals surface area contributed by atoms with Crippen LogP contribution < -0.4 is 4.74 Å². The van der Waals surface area contributed by atoms with E-state index in [-0.39, 0.29) is 5.91 Å². The van der Waals surface area contributed by atoms with Crippen molar-refractivity contribution in [3.8, 4) is 5.75 Å². The first-order valence-electron chi connectivity index (χ1n) is 8.47. The minimum atomic E-state index is 0.210. The van der Waals surface area contributed by atoms with Crippen molar-refractivity contribution in [1.29, 1.82) is 0 Å². The number of para-hydroxylation sites is 1. The third-order valence-electron chi connectivity index (χ3n) is 3.49. The highest BCUT2D eigenvalue weighted by molar-refractivity contribution is 7.09. The van der Waals surface area contributed by atoms with E-state index in [1.165, 1.54) is 0 Å². The summed E-state index contributed by atoms with van der Waals surface area (Å²) in [6.45, 7) is 8.06. The van der Waals surface area contributed by atoms with Crippen molar-refractivity contribution in [2.75, 3.05) is 6.54 Å². The Hall–Kier alpha value is -1.88. The van der Waals surface area contributed by atoms with Crippen LogP contribution in [0.5, 0.6) is 5.75 Å². The van der Waals surface area contributed by atoms with Crippen molar-refractivity contribution in [2.45, 2.75) is 46.8 Å². The van der Waals surface area contributed by atoms with Gasteiger partial charge in [-0.2, -0.15) is 0 Å². The van der Waals surface area contributed by atoms with Crippen LogP contribution in [0.4, 0.5) is 0 Å². The van der Waals surface area contributed by atoms with Gasteiger partial charge in [0.2, 0.25) is 5.91 Å². The van der Waals surface area contributed by atoms with E-state index < -0.39 is 0 Å². The van der Waals surface area contributed by atoms with Crippen molar-refractivity contribution in [1.82, 2.24) is 9.88 Å². The molecule has 0 unspecified atom stereocenters. The van der Waals surface area contributed by atoms with Crippen LogP contribution in [0.1, 0.15) is 44.3 Å². The molecule has 24 heavy (non-hydrogen) atoms. The number of nitrogens with zero attached hydrogens (tertiary/aromatic N) is 2. The second-order valence-electron chi connectivity index (χ2n) is 6.25. The average molecular weight is 346 g/mol. The van der Waals surface area contributed by atoms with Crippen LogP contribution in [0.15, 0.2) is 35.7 Å². The Morgan fingerprint density at radius 2 is 2.04 bits per heavy atom. The number of thiazole rings is 1. The van der Waals surface area contributed by atoms with Crippen LogP contribution in [0.2, 0.25) is 0 Å². The number of rotatable bonds is 9. The Morgan fingerprint density at radius 1 is 1.29 bits per heavy atom. The number of hydrogen-bond donors (Lipinski definition) is 0. The van der Waals surface area contributed by atoms with Crippen molar-refractivity contribution < 1.29 is 9.53 Å². The van der Waals surface area contributed by atoms with Gasteiger partial charge in [0.25, 0.3) is 0 Å². The number of carbonyl (C=O) groups excluding carboxylic acids is 1. The maximum atomic E-state index is 12.3. The molecule has 0 bridgehead atoms. The molecule has 1 amide bonds. The zero-order valence-corrected chi connectivity index (χ0v) is 15.5. The van der Waals surface area contributed by atoms with Crippen LogP contribution in [0.3, 0.4) is 0 Å². The van der Waals surface area contributed by atoms with Gasteiger partial charge in [-0.1, -0.05) is 39.0 Å². The molecule has 0 aliphatic carbocycles. The van der Waals surface area contributed by atoms with Gasteiger partial charge in [0.05, 0.1) is 12.2 Å². The summed E-state index contributed by atoms with van der Waals surface area (Å²) in [6.07, 6.45) is 1.55. The molecule has 1 aromatic heterocycles. The molecule has 2 rings (SSSR count). The molecule has 0 fully saturated rings. The molecular formula is C19H26N2O2S. The fraction of sp³-hybridized carbons (Fsp3) is 0.474. The fourth-order valence-corrected chi connectivity index (χ4v) is 3.08. The minimum Gasteiger partial charge on any atom is -0.486 e. The summed E-state index contributed by atoms with van der Waals surface area (Å²) in [5, 5.41) is 2.95. The third kappa shape index (κ3) is 5.96. The fourth-order valence-electron chi connectivity index (χ4n) is 2.39. The lowest BCUT2D eigenvalue weighted by Crippen LogP contribution is -2.32. The normalized spacial score (nSPS) is 10.8. The van der Waals surface area contributed by atoms with Crippen molar-refractivity contribution in [2.24, 2.45) is 5.92 Å². The summed E-state index contributed by atoms with van der Waals surface area (Å²) in [5.41, 5.74) is 0.942. The van der Waals surface area contributed by atoms with Crippen LogP contribution in [0, 0.1) is 5.92 Å². The largest absolute Gasteiger partial charge is 0.486 e. The second-order valence-corrected chi connectivity index (χ2v) is 7.19.